The Hall–Kier alpha value is -2.43. The van der Waals surface area contributed by atoms with Gasteiger partial charge in [-0.3, -0.25) is 4.99 Å². The average molecular weight is 373 g/mol. The van der Waals surface area contributed by atoms with Crippen molar-refractivity contribution in [3.8, 4) is 11.8 Å². The number of benzene rings is 2. The molecule has 0 saturated heterocycles. The second kappa shape index (κ2) is 6.82. The van der Waals surface area contributed by atoms with Gasteiger partial charge in [-0.15, -0.1) is 0 Å². The van der Waals surface area contributed by atoms with E-state index in [2.05, 4.69) is 16.8 Å². The molecular weight excluding hydrogens is 358 g/mol. The summed E-state index contributed by atoms with van der Waals surface area (Å²) < 4.78 is 48.6. The van der Waals surface area contributed by atoms with Gasteiger partial charge in [-0.2, -0.15) is 0 Å². The van der Waals surface area contributed by atoms with E-state index in [0.717, 1.165) is 0 Å². The van der Waals surface area contributed by atoms with Gasteiger partial charge in [0.05, 0.1) is 21.3 Å². The Labute approximate surface area is 147 Å². The molecule has 0 amide bonds. The minimum Gasteiger partial charge on any atom is -0.267 e. The number of nitrogens with zero attached hydrogens (tertiary/aromatic N) is 1. The van der Waals surface area contributed by atoms with Crippen molar-refractivity contribution in [3.05, 3.63) is 60.7 Å². The van der Waals surface area contributed by atoms with Gasteiger partial charge < -0.3 is 0 Å². The van der Waals surface area contributed by atoms with Crippen LogP contribution in [0.15, 0.2) is 75.4 Å². The van der Waals surface area contributed by atoms with Crippen molar-refractivity contribution < 1.29 is 16.8 Å². The summed E-state index contributed by atoms with van der Waals surface area (Å²) in [6.07, 6.45) is 0. The lowest BCUT2D eigenvalue weighted by molar-refractivity contribution is 0.598. The molecule has 1 aliphatic heterocycles. The van der Waals surface area contributed by atoms with Crippen LogP contribution in [-0.2, 0) is 19.7 Å². The predicted octanol–water partition coefficient (Wildman–Crippen LogP) is 1.76. The zero-order valence-corrected chi connectivity index (χ0v) is 14.8. The molecule has 0 saturated carbocycles. The van der Waals surface area contributed by atoms with Crippen LogP contribution in [0.25, 0.3) is 0 Å². The summed E-state index contributed by atoms with van der Waals surface area (Å²) in [5, 5.41) is 0. The third kappa shape index (κ3) is 4.35. The minimum atomic E-state index is -3.47. The Morgan fingerprint density at radius 2 is 1.32 bits per heavy atom. The molecule has 0 aliphatic carbocycles. The summed E-state index contributed by atoms with van der Waals surface area (Å²) in [7, 11) is -6.91. The van der Waals surface area contributed by atoms with Gasteiger partial charge in [0.2, 0.25) is 0 Å². The lowest BCUT2D eigenvalue weighted by Gasteiger charge is -2.00. The fraction of sp³-hybridized carbons (Fsp3) is 0.167. The molecule has 1 atom stereocenters. The Balaban J connectivity index is 1.59. The first-order chi connectivity index (χ1) is 11.9. The van der Waals surface area contributed by atoms with Gasteiger partial charge in [-0.05, 0) is 24.3 Å². The third-order valence-electron chi connectivity index (χ3n) is 3.59. The molecule has 2 aromatic carbocycles. The zero-order chi connectivity index (χ0) is 17.9. The highest BCUT2D eigenvalue weighted by Gasteiger charge is 2.31. The van der Waals surface area contributed by atoms with E-state index in [1.54, 1.807) is 36.4 Å². The fourth-order valence-electron chi connectivity index (χ4n) is 2.21. The number of hydrogen-bond donors (Lipinski definition) is 0. The molecule has 5 nitrogen and oxygen atoms in total. The highest BCUT2D eigenvalue weighted by Crippen LogP contribution is 2.18. The van der Waals surface area contributed by atoms with Crippen LogP contribution in [0.3, 0.4) is 0 Å². The molecule has 0 N–H and O–H groups in total. The summed E-state index contributed by atoms with van der Waals surface area (Å²) in [6, 6.07) is 15.7. The topological polar surface area (TPSA) is 80.6 Å². The van der Waals surface area contributed by atoms with Gasteiger partial charge in [0.1, 0.15) is 11.8 Å². The molecular formula is C18H15NO4S2. The molecule has 1 heterocycles. The van der Waals surface area contributed by atoms with Crippen LogP contribution >= 0.6 is 0 Å². The SMILES string of the molecule is O=S(=O)(CC#CC1N=C1CS(=O)(=O)c1ccccc1)c1ccccc1. The lowest BCUT2D eigenvalue weighted by atomic mass is 10.3. The van der Waals surface area contributed by atoms with Crippen LogP contribution in [0.1, 0.15) is 0 Å². The molecule has 1 unspecified atom stereocenters. The van der Waals surface area contributed by atoms with Crippen LogP contribution in [-0.4, -0.2) is 40.1 Å². The van der Waals surface area contributed by atoms with Crippen LogP contribution < -0.4 is 0 Å². The first-order valence-corrected chi connectivity index (χ1v) is 10.8. The number of hydrogen-bond acceptors (Lipinski definition) is 5. The molecule has 0 aromatic heterocycles. The lowest BCUT2D eigenvalue weighted by Crippen LogP contribution is -2.13. The Bertz CT molecular complexity index is 1060. The summed E-state index contributed by atoms with van der Waals surface area (Å²) in [6.45, 7) is 0. The van der Waals surface area contributed by atoms with Crippen LogP contribution in [0.4, 0.5) is 0 Å². The highest BCUT2D eigenvalue weighted by atomic mass is 32.2. The maximum absolute atomic E-state index is 12.2. The average Bonchev–Trinajstić information content (AvgIpc) is 3.33. The molecule has 1 aliphatic rings. The van der Waals surface area contributed by atoms with E-state index in [0.29, 0.717) is 5.71 Å². The fourth-order valence-corrected chi connectivity index (χ4v) is 4.58. The van der Waals surface area contributed by atoms with Crippen LogP contribution in [0.5, 0.6) is 0 Å². The maximum atomic E-state index is 12.2. The molecule has 25 heavy (non-hydrogen) atoms. The van der Waals surface area contributed by atoms with E-state index in [4.69, 9.17) is 0 Å². The van der Waals surface area contributed by atoms with Crippen molar-refractivity contribution in [2.45, 2.75) is 15.8 Å². The largest absolute Gasteiger partial charge is 0.267 e. The molecule has 0 bridgehead atoms. The summed E-state index contributed by atoms with van der Waals surface area (Å²) >= 11 is 0. The monoisotopic (exact) mass is 373 g/mol. The quantitative estimate of drug-likeness (QED) is 0.748. The van der Waals surface area contributed by atoms with Gasteiger partial charge in [-0.1, -0.05) is 48.2 Å². The van der Waals surface area contributed by atoms with Crippen molar-refractivity contribution in [2.75, 3.05) is 11.5 Å². The van der Waals surface area contributed by atoms with E-state index in [1.165, 1.54) is 24.3 Å². The van der Waals surface area contributed by atoms with Crippen molar-refractivity contribution in [2.24, 2.45) is 4.99 Å². The molecule has 128 valence electrons. The molecule has 7 heteroatoms. The van der Waals surface area contributed by atoms with E-state index in [9.17, 15) is 16.8 Å². The Morgan fingerprint density at radius 3 is 1.88 bits per heavy atom. The smallest absolute Gasteiger partial charge is 0.189 e. The molecule has 3 rings (SSSR count). The Morgan fingerprint density at radius 1 is 0.800 bits per heavy atom. The van der Waals surface area contributed by atoms with Gasteiger partial charge in [0.25, 0.3) is 0 Å². The maximum Gasteiger partial charge on any atom is 0.189 e. The van der Waals surface area contributed by atoms with Crippen molar-refractivity contribution >= 4 is 25.4 Å². The first-order valence-electron chi connectivity index (χ1n) is 7.49. The second-order valence-corrected chi connectivity index (χ2v) is 9.47. The third-order valence-corrected chi connectivity index (χ3v) is 6.77. The zero-order valence-electron chi connectivity index (χ0n) is 13.2. The van der Waals surface area contributed by atoms with Crippen molar-refractivity contribution in [1.29, 1.82) is 0 Å². The van der Waals surface area contributed by atoms with Crippen molar-refractivity contribution in [3.63, 3.8) is 0 Å². The Kier molecular flexibility index (Phi) is 4.75. The van der Waals surface area contributed by atoms with Gasteiger partial charge in [0, 0.05) is 0 Å². The molecule has 0 radical (unpaired) electrons. The van der Waals surface area contributed by atoms with Crippen molar-refractivity contribution in [1.82, 2.24) is 0 Å². The van der Waals surface area contributed by atoms with Gasteiger partial charge in [0.15, 0.2) is 19.7 Å². The second-order valence-electron chi connectivity index (χ2n) is 5.49. The van der Waals surface area contributed by atoms with E-state index >= 15 is 0 Å². The minimum absolute atomic E-state index is 0.193. The number of rotatable bonds is 5. The van der Waals surface area contributed by atoms with E-state index < -0.39 is 25.7 Å². The standard InChI is InChI=1S/C18H15NO4S2/c20-24(21,15-8-3-1-4-9-15)13-7-12-17-18(19-17)14-25(22,23)16-10-5-2-6-11-16/h1-6,8-11,17H,13-14H2. The number of sulfone groups is 2. The van der Waals surface area contributed by atoms with Crippen LogP contribution in [0, 0.1) is 11.8 Å². The van der Waals surface area contributed by atoms with Gasteiger partial charge in [-0.25, -0.2) is 16.8 Å². The molecule has 0 spiro atoms. The van der Waals surface area contributed by atoms with Gasteiger partial charge >= 0.3 is 0 Å². The van der Waals surface area contributed by atoms with E-state index in [-0.39, 0.29) is 21.3 Å². The molecule has 0 fully saturated rings. The van der Waals surface area contributed by atoms with E-state index in [1.807, 2.05) is 0 Å². The normalized spacial score (nSPS) is 16.5. The predicted molar refractivity (Wildman–Crippen MR) is 96.0 cm³/mol. The first kappa shape index (κ1) is 17.4. The summed E-state index contributed by atoms with van der Waals surface area (Å²) in [5.74, 6) is 4.79. The molecule has 2 aromatic rings. The summed E-state index contributed by atoms with van der Waals surface area (Å²) in [4.78, 5) is 4.48. The van der Waals surface area contributed by atoms with Crippen LogP contribution in [0.2, 0.25) is 0 Å². The highest BCUT2D eigenvalue weighted by molar-refractivity contribution is 7.92. The summed E-state index contributed by atoms with van der Waals surface area (Å²) in [5.41, 5.74) is 0.466. The number of aliphatic imine (C=N–C) groups is 1.